The Morgan fingerprint density at radius 3 is 2.67 bits per heavy atom. The Morgan fingerprint density at radius 1 is 1.03 bits per heavy atom. The third kappa shape index (κ3) is 4.89. The van der Waals surface area contributed by atoms with Gasteiger partial charge in [-0.05, 0) is 66.6 Å². The molecule has 0 radical (unpaired) electrons. The number of nitrogens with one attached hydrogen (secondary N) is 1. The van der Waals surface area contributed by atoms with Crippen LogP contribution in [0.15, 0.2) is 88.8 Å². The van der Waals surface area contributed by atoms with Crippen molar-refractivity contribution in [3.05, 3.63) is 102 Å². The Hall–Kier alpha value is -3.68. The summed E-state index contributed by atoms with van der Waals surface area (Å²) in [6.07, 6.45) is 4.46. The molecular formula is C25H22ClFN4O2. The lowest BCUT2D eigenvalue weighted by Gasteiger charge is -2.08. The average Bonchev–Trinajstić information content (AvgIpc) is 3.30. The summed E-state index contributed by atoms with van der Waals surface area (Å²) >= 11 is 0. The zero-order chi connectivity index (χ0) is 21.9. The molecule has 0 saturated heterocycles. The van der Waals surface area contributed by atoms with Crippen LogP contribution in [0.1, 0.15) is 11.1 Å². The molecule has 0 atom stereocenters. The van der Waals surface area contributed by atoms with Gasteiger partial charge in [-0.1, -0.05) is 23.4 Å². The summed E-state index contributed by atoms with van der Waals surface area (Å²) in [5.74, 6) is 0.303. The molecule has 0 aliphatic rings. The molecule has 0 aliphatic heterocycles. The number of hydrogen-bond acceptors (Lipinski definition) is 5. The van der Waals surface area contributed by atoms with E-state index >= 15 is 0 Å². The van der Waals surface area contributed by atoms with E-state index in [2.05, 4.69) is 15.5 Å². The highest BCUT2D eigenvalue weighted by atomic mass is 35.5. The van der Waals surface area contributed by atoms with Crippen molar-refractivity contribution >= 4 is 28.9 Å². The van der Waals surface area contributed by atoms with Crippen LogP contribution in [-0.2, 0) is 13.0 Å². The van der Waals surface area contributed by atoms with Gasteiger partial charge in [0.2, 0.25) is 0 Å². The highest BCUT2D eigenvalue weighted by Gasteiger charge is 2.09. The highest BCUT2D eigenvalue weighted by Crippen LogP contribution is 2.22. The first-order chi connectivity index (χ1) is 15.7. The van der Waals surface area contributed by atoms with E-state index in [1.807, 2.05) is 47.0 Å². The fourth-order valence-electron chi connectivity index (χ4n) is 3.72. The topological polar surface area (TPSA) is 75.1 Å². The van der Waals surface area contributed by atoms with Gasteiger partial charge in [0.25, 0.3) is 0 Å². The van der Waals surface area contributed by atoms with Gasteiger partial charge in [0.1, 0.15) is 22.5 Å². The lowest BCUT2D eigenvalue weighted by Crippen LogP contribution is -2.17. The number of fused-ring (bicyclic) bond motifs is 2. The van der Waals surface area contributed by atoms with Crippen LogP contribution >= 0.6 is 12.4 Å². The van der Waals surface area contributed by atoms with Crippen molar-refractivity contribution in [3.8, 4) is 11.5 Å². The molecule has 3 aromatic heterocycles. The third-order valence-corrected chi connectivity index (χ3v) is 5.42. The lowest BCUT2D eigenvalue weighted by atomic mass is 10.1. The molecule has 6 nitrogen and oxygen atoms in total. The average molecular weight is 465 g/mol. The molecule has 0 bridgehead atoms. The second kappa shape index (κ2) is 9.85. The first kappa shape index (κ1) is 22.5. The summed E-state index contributed by atoms with van der Waals surface area (Å²) in [7, 11) is 0. The second-order valence-corrected chi connectivity index (χ2v) is 7.59. The SMILES string of the molecule is Cl.O/N=c1\cc(-c2cc3cccn3cn2)oc2ccc(CNCCc3ccc(F)cc3)cc12. The standard InChI is InChI=1S/C25H21FN4O2.ClH/c26-19-6-3-17(4-7-19)9-10-27-15-18-5-8-24-21(12-18)22(29-31)14-25(32-24)23-13-20-2-1-11-30(20)16-28-23;/h1-8,11-14,16,27,31H,9-10,15H2;1H/b29-22+;. The minimum absolute atomic E-state index is 0. The van der Waals surface area contributed by atoms with Gasteiger partial charge in [0.05, 0.1) is 6.33 Å². The predicted molar refractivity (Wildman–Crippen MR) is 127 cm³/mol. The van der Waals surface area contributed by atoms with Gasteiger partial charge in [-0.25, -0.2) is 9.37 Å². The van der Waals surface area contributed by atoms with Gasteiger partial charge in [-0.3, -0.25) is 0 Å². The second-order valence-electron chi connectivity index (χ2n) is 7.59. The molecule has 2 aromatic carbocycles. The summed E-state index contributed by atoms with van der Waals surface area (Å²) in [5.41, 5.74) is 4.39. The van der Waals surface area contributed by atoms with Crippen LogP contribution in [0.3, 0.4) is 0 Å². The van der Waals surface area contributed by atoms with E-state index in [0.29, 0.717) is 28.9 Å². The molecule has 0 spiro atoms. The van der Waals surface area contributed by atoms with E-state index in [9.17, 15) is 9.60 Å². The number of hydrogen-bond donors (Lipinski definition) is 2. The predicted octanol–water partition coefficient (Wildman–Crippen LogP) is 4.93. The molecule has 168 valence electrons. The molecule has 3 heterocycles. The first-order valence-corrected chi connectivity index (χ1v) is 10.3. The van der Waals surface area contributed by atoms with Crippen molar-refractivity contribution in [2.75, 3.05) is 6.54 Å². The summed E-state index contributed by atoms with van der Waals surface area (Å²) < 4.78 is 21.0. The molecule has 5 rings (SSSR count). The Bertz CT molecular complexity index is 1460. The molecule has 5 aromatic rings. The fraction of sp³-hybridized carbons (Fsp3) is 0.120. The van der Waals surface area contributed by atoms with Gasteiger partial charge < -0.3 is 19.3 Å². The molecule has 0 fully saturated rings. The van der Waals surface area contributed by atoms with Gasteiger partial charge in [0.15, 0.2) is 5.76 Å². The fourth-order valence-corrected chi connectivity index (χ4v) is 3.72. The molecule has 0 unspecified atom stereocenters. The van der Waals surface area contributed by atoms with Gasteiger partial charge in [-0.2, -0.15) is 0 Å². The third-order valence-electron chi connectivity index (χ3n) is 5.42. The summed E-state index contributed by atoms with van der Waals surface area (Å²) in [6, 6.07) is 19.9. The van der Waals surface area contributed by atoms with Crippen LogP contribution in [-0.4, -0.2) is 21.1 Å². The number of nitrogens with zero attached hydrogens (tertiary/aromatic N) is 3. The monoisotopic (exact) mass is 464 g/mol. The lowest BCUT2D eigenvalue weighted by molar-refractivity contribution is 0.302. The molecule has 0 saturated carbocycles. The van der Waals surface area contributed by atoms with E-state index in [1.165, 1.54) is 12.1 Å². The Labute approximate surface area is 195 Å². The van der Waals surface area contributed by atoms with Crippen LogP contribution in [0.25, 0.3) is 27.9 Å². The normalized spacial score (nSPS) is 11.7. The minimum Gasteiger partial charge on any atom is -0.454 e. The van der Waals surface area contributed by atoms with Crippen molar-refractivity contribution < 1.29 is 14.0 Å². The van der Waals surface area contributed by atoms with E-state index < -0.39 is 0 Å². The van der Waals surface area contributed by atoms with Crippen molar-refractivity contribution in [1.82, 2.24) is 14.7 Å². The van der Waals surface area contributed by atoms with Crippen LogP contribution < -0.4 is 10.7 Å². The van der Waals surface area contributed by atoms with Gasteiger partial charge >= 0.3 is 0 Å². The first-order valence-electron chi connectivity index (χ1n) is 10.3. The maximum absolute atomic E-state index is 13.0. The number of aromatic nitrogens is 2. The summed E-state index contributed by atoms with van der Waals surface area (Å²) in [4.78, 5) is 4.44. The zero-order valence-electron chi connectivity index (χ0n) is 17.6. The Morgan fingerprint density at radius 2 is 1.85 bits per heavy atom. The quantitative estimate of drug-likeness (QED) is 0.212. The largest absolute Gasteiger partial charge is 0.454 e. The number of benzene rings is 2. The van der Waals surface area contributed by atoms with E-state index in [-0.39, 0.29) is 18.2 Å². The summed E-state index contributed by atoms with van der Waals surface area (Å²) in [6.45, 7) is 1.41. The van der Waals surface area contributed by atoms with E-state index in [1.54, 1.807) is 24.5 Å². The minimum atomic E-state index is -0.224. The van der Waals surface area contributed by atoms with Crippen LogP contribution in [0.4, 0.5) is 4.39 Å². The van der Waals surface area contributed by atoms with Gasteiger partial charge in [-0.15, -0.1) is 12.4 Å². The van der Waals surface area contributed by atoms with Crippen molar-refractivity contribution in [1.29, 1.82) is 0 Å². The molecule has 0 amide bonds. The maximum Gasteiger partial charge on any atom is 0.155 e. The van der Waals surface area contributed by atoms with Crippen molar-refractivity contribution in [2.45, 2.75) is 13.0 Å². The molecule has 2 N–H and O–H groups in total. The molecule has 0 aliphatic carbocycles. The molecule has 8 heteroatoms. The molecule has 33 heavy (non-hydrogen) atoms. The highest BCUT2D eigenvalue weighted by molar-refractivity contribution is 5.85. The van der Waals surface area contributed by atoms with Gasteiger partial charge in [0, 0.05) is 29.7 Å². The summed E-state index contributed by atoms with van der Waals surface area (Å²) in [5, 5.41) is 17.6. The van der Waals surface area contributed by atoms with Crippen molar-refractivity contribution in [2.24, 2.45) is 5.16 Å². The number of rotatable bonds is 6. The van der Waals surface area contributed by atoms with Crippen LogP contribution in [0.2, 0.25) is 0 Å². The molecular weight excluding hydrogens is 443 g/mol. The zero-order valence-corrected chi connectivity index (χ0v) is 18.4. The van der Waals surface area contributed by atoms with Crippen molar-refractivity contribution in [3.63, 3.8) is 0 Å². The Balaban J connectivity index is 0.00000259. The number of halogens is 2. The maximum atomic E-state index is 13.0. The van der Waals surface area contributed by atoms with Crippen LogP contribution in [0.5, 0.6) is 0 Å². The Kier molecular flexibility index (Phi) is 6.72. The smallest absolute Gasteiger partial charge is 0.155 e. The van der Waals surface area contributed by atoms with E-state index in [0.717, 1.165) is 35.0 Å². The van der Waals surface area contributed by atoms with Crippen LogP contribution in [0, 0.1) is 5.82 Å². The van der Waals surface area contributed by atoms with E-state index in [4.69, 9.17) is 4.42 Å².